The van der Waals surface area contributed by atoms with Crippen molar-refractivity contribution in [3.05, 3.63) is 35.9 Å². The number of hydrogen-bond acceptors (Lipinski definition) is 4. The van der Waals surface area contributed by atoms with Gasteiger partial charge in [-0.15, -0.1) is 5.10 Å². The van der Waals surface area contributed by atoms with Gasteiger partial charge in [-0.2, -0.15) is 4.68 Å². The van der Waals surface area contributed by atoms with Crippen molar-refractivity contribution in [2.75, 3.05) is 6.54 Å². The summed E-state index contributed by atoms with van der Waals surface area (Å²) in [6, 6.07) is 6.20. The van der Waals surface area contributed by atoms with Crippen LogP contribution in [0.15, 0.2) is 24.3 Å². The predicted molar refractivity (Wildman–Crippen MR) is 65.7 cm³/mol. The zero-order valence-corrected chi connectivity index (χ0v) is 10.5. The minimum atomic E-state index is -0.302. The lowest BCUT2D eigenvalue weighted by atomic mass is 10.2. The molecule has 1 N–H and O–H groups in total. The molecular weight excluding hydrogens is 233 g/mol. The van der Waals surface area contributed by atoms with E-state index in [1.54, 1.807) is 12.1 Å². The van der Waals surface area contributed by atoms with E-state index in [1.807, 2.05) is 0 Å². The standard InChI is InChI=1S/C12H16FN5/c1-9(2)7-14-8-12-15-16-17-18(12)11-5-3-4-10(13)6-11/h3-6,9,14H,7-8H2,1-2H3. The van der Waals surface area contributed by atoms with Gasteiger partial charge in [-0.05, 0) is 41.1 Å². The molecule has 0 bridgehead atoms. The molecule has 0 aliphatic rings. The molecule has 0 aliphatic heterocycles. The molecular formula is C12H16FN5. The summed E-state index contributed by atoms with van der Waals surface area (Å²) < 4.78 is 14.7. The first-order chi connectivity index (χ1) is 8.66. The molecule has 1 heterocycles. The van der Waals surface area contributed by atoms with E-state index in [0.717, 1.165) is 6.54 Å². The van der Waals surface area contributed by atoms with Crippen LogP contribution in [0.25, 0.3) is 5.69 Å². The van der Waals surface area contributed by atoms with E-state index in [1.165, 1.54) is 16.8 Å². The number of halogens is 1. The highest BCUT2D eigenvalue weighted by Crippen LogP contribution is 2.09. The summed E-state index contributed by atoms with van der Waals surface area (Å²) in [5.41, 5.74) is 0.626. The Balaban J connectivity index is 2.12. The number of tetrazole rings is 1. The van der Waals surface area contributed by atoms with Crippen molar-refractivity contribution in [1.82, 2.24) is 25.5 Å². The molecule has 0 spiro atoms. The number of hydrogen-bond donors (Lipinski definition) is 1. The van der Waals surface area contributed by atoms with Gasteiger partial charge in [0.05, 0.1) is 12.2 Å². The van der Waals surface area contributed by atoms with Gasteiger partial charge in [0.2, 0.25) is 0 Å². The Bertz CT molecular complexity index is 509. The summed E-state index contributed by atoms with van der Waals surface area (Å²) in [6.45, 7) is 5.70. The lowest BCUT2D eigenvalue weighted by Crippen LogP contribution is -2.21. The Morgan fingerprint density at radius 3 is 2.94 bits per heavy atom. The van der Waals surface area contributed by atoms with E-state index >= 15 is 0 Å². The summed E-state index contributed by atoms with van der Waals surface area (Å²) in [5.74, 6) is 0.925. The highest BCUT2D eigenvalue weighted by molar-refractivity contribution is 5.31. The fourth-order valence-corrected chi connectivity index (χ4v) is 1.60. The van der Waals surface area contributed by atoms with E-state index < -0.39 is 0 Å². The topological polar surface area (TPSA) is 55.6 Å². The van der Waals surface area contributed by atoms with Gasteiger partial charge >= 0.3 is 0 Å². The van der Waals surface area contributed by atoms with Crippen molar-refractivity contribution in [2.24, 2.45) is 5.92 Å². The average Bonchev–Trinajstić information content (AvgIpc) is 2.77. The van der Waals surface area contributed by atoms with E-state index in [4.69, 9.17) is 0 Å². The number of rotatable bonds is 5. The van der Waals surface area contributed by atoms with Gasteiger partial charge in [0.25, 0.3) is 0 Å². The molecule has 96 valence electrons. The van der Waals surface area contributed by atoms with Gasteiger partial charge in [0.1, 0.15) is 5.82 Å². The maximum atomic E-state index is 13.2. The zero-order valence-electron chi connectivity index (χ0n) is 10.5. The Labute approximate surface area is 105 Å². The van der Waals surface area contributed by atoms with E-state index in [9.17, 15) is 4.39 Å². The van der Waals surface area contributed by atoms with Crippen LogP contribution in [-0.2, 0) is 6.54 Å². The fourth-order valence-electron chi connectivity index (χ4n) is 1.60. The summed E-state index contributed by atoms with van der Waals surface area (Å²) in [5, 5.41) is 14.7. The molecule has 1 aromatic heterocycles. The molecule has 0 unspecified atom stereocenters. The summed E-state index contributed by atoms with van der Waals surface area (Å²) in [6.07, 6.45) is 0. The summed E-state index contributed by atoms with van der Waals surface area (Å²) in [7, 11) is 0. The van der Waals surface area contributed by atoms with Crippen molar-refractivity contribution in [3.63, 3.8) is 0 Å². The molecule has 2 aromatic rings. The van der Waals surface area contributed by atoms with Crippen molar-refractivity contribution >= 4 is 0 Å². The van der Waals surface area contributed by atoms with Crippen LogP contribution in [0, 0.1) is 11.7 Å². The quantitative estimate of drug-likeness (QED) is 0.873. The van der Waals surface area contributed by atoms with Crippen molar-refractivity contribution in [2.45, 2.75) is 20.4 Å². The van der Waals surface area contributed by atoms with Crippen LogP contribution in [0.1, 0.15) is 19.7 Å². The highest BCUT2D eigenvalue weighted by atomic mass is 19.1. The van der Waals surface area contributed by atoms with Gasteiger partial charge in [-0.1, -0.05) is 19.9 Å². The molecule has 0 radical (unpaired) electrons. The monoisotopic (exact) mass is 249 g/mol. The molecule has 1 aromatic carbocycles. The van der Waals surface area contributed by atoms with Gasteiger partial charge < -0.3 is 5.32 Å². The van der Waals surface area contributed by atoms with Crippen LogP contribution in [0.4, 0.5) is 4.39 Å². The van der Waals surface area contributed by atoms with Crippen LogP contribution in [0.5, 0.6) is 0 Å². The lowest BCUT2D eigenvalue weighted by molar-refractivity contribution is 0.537. The first-order valence-corrected chi connectivity index (χ1v) is 5.90. The number of nitrogens with one attached hydrogen (secondary N) is 1. The van der Waals surface area contributed by atoms with Crippen molar-refractivity contribution < 1.29 is 4.39 Å². The largest absolute Gasteiger partial charge is 0.310 e. The van der Waals surface area contributed by atoms with E-state index in [2.05, 4.69) is 34.7 Å². The third-order valence-electron chi connectivity index (χ3n) is 2.42. The molecule has 0 aliphatic carbocycles. The molecule has 18 heavy (non-hydrogen) atoms. The number of benzene rings is 1. The van der Waals surface area contributed by atoms with Gasteiger partial charge in [-0.3, -0.25) is 0 Å². The maximum Gasteiger partial charge on any atom is 0.170 e. The third-order valence-corrected chi connectivity index (χ3v) is 2.42. The molecule has 0 fully saturated rings. The normalized spacial score (nSPS) is 11.1. The maximum absolute atomic E-state index is 13.2. The summed E-state index contributed by atoms with van der Waals surface area (Å²) in [4.78, 5) is 0. The van der Waals surface area contributed by atoms with Gasteiger partial charge in [0.15, 0.2) is 5.82 Å². The molecule has 5 nitrogen and oxygen atoms in total. The van der Waals surface area contributed by atoms with Gasteiger partial charge in [-0.25, -0.2) is 4.39 Å². The molecule has 0 saturated heterocycles. The SMILES string of the molecule is CC(C)CNCc1nnnn1-c1cccc(F)c1. The zero-order chi connectivity index (χ0) is 13.0. The van der Waals surface area contributed by atoms with E-state index in [0.29, 0.717) is 24.0 Å². The number of nitrogens with zero attached hydrogens (tertiary/aromatic N) is 4. The van der Waals surface area contributed by atoms with Crippen LogP contribution >= 0.6 is 0 Å². The molecule has 6 heteroatoms. The minimum absolute atomic E-state index is 0.302. The van der Waals surface area contributed by atoms with Crippen molar-refractivity contribution in [1.29, 1.82) is 0 Å². The molecule has 0 atom stereocenters. The van der Waals surface area contributed by atoms with E-state index in [-0.39, 0.29) is 5.82 Å². The second kappa shape index (κ2) is 5.68. The average molecular weight is 249 g/mol. The Morgan fingerprint density at radius 1 is 1.39 bits per heavy atom. The highest BCUT2D eigenvalue weighted by Gasteiger charge is 2.08. The minimum Gasteiger partial charge on any atom is -0.310 e. The third kappa shape index (κ3) is 3.10. The first kappa shape index (κ1) is 12.6. The molecule has 0 amide bonds. The lowest BCUT2D eigenvalue weighted by Gasteiger charge is -2.07. The van der Waals surface area contributed by atoms with Crippen LogP contribution in [0.2, 0.25) is 0 Å². The second-order valence-corrected chi connectivity index (χ2v) is 4.51. The summed E-state index contributed by atoms with van der Waals surface area (Å²) >= 11 is 0. The van der Waals surface area contributed by atoms with Crippen LogP contribution in [0.3, 0.4) is 0 Å². The number of aromatic nitrogens is 4. The smallest absolute Gasteiger partial charge is 0.170 e. The van der Waals surface area contributed by atoms with Crippen LogP contribution in [-0.4, -0.2) is 26.8 Å². The predicted octanol–water partition coefficient (Wildman–Crippen LogP) is 1.55. The fraction of sp³-hybridized carbons (Fsp3) is 0.417. The Hall–Kier alpha value is -1.82. The Kier molecular flexibility index (Phi) is 3.99. The van der Waals surface area contributed by atoms with Crippen LogP contribution < -0.4 is 5.32 Å². The Morgan fingerprint density at radius 2 is 2.22 bits per heavy atom. The van der Waals surface area contributed by atoms with Crippen molar-refractivity contribution in [3.8, 4) is 5.69 Å². The molecule has 2 rings (SSSR count). The second-order valence-electron chi connectivity index (χ2n) is 4.51. The van der Waals surface area contributed by atoms with Gasteiger partial charge in [0, 0.05) is 0 Å². The first-order valence-electron chi connectivity index (χ1n) is 5.90. The molecule has 0 saturated carbocycles.